The van der Waals surface area contributed by atoms with Crippen molar-refractivity contribution >= 4 is 0 Å². The molecule has 1 saturated carbocycles. The van der Waals surface area contributed by atoms with Crippen LogP contribution in [0.5, 0.6) is 0 Å². The Morgan fingerprint density at radius 2 is 2.12 bits per heavy atom. The summed E-state index contributed by atoms with van der Waals surface area (Å²) in [6.45, 7) is 2.98. The molecule has 1 aliphatic rings. The molecular formula is C13H18N4. The van der Waals surface area contributed by atoms with Gasteiger partial charge in [0.2, 0.25) is 0 Å². The zero-order chi connectivity index (χ0) is 11.5. The van der Waals surface area contributed by atoms with Crippen LogP contribution in [-0.2, 0) is 19.6 Å². The van der Waals surface area contributed by atoms with E-state index < -0.39 is 0 Å². The van der Waals surface area contributed by atoms with Crippen molar-refractivity contribution < 1.29 is 0 Å². The molecule has 17 heavy (non-hydrogen) atoms. The zero-order valence-corrected chi connectivity index (χ0v) is 9.92. The van der Waals surface area contributed by atoms with Gasteiger partial charge >= 0.3 is 0 Å². The highest BCUT2D eigenvalue weighted by Crippen LogP contribution is 2.19. The predicted octanol–water partition coefficient (Wildman–Crippen LogP) is 1.64. The van der Waals surface area contributed by atoms with Crippen LogP contribution >= 0.6 is 0 Å². The quantitative estimate of drug-likeness (QED) is 0.818. The standard InChI is InChI=1S/C13H18N4/c1-2-13(1)15-9-12-3-5-16(10-12)7-8-17-6-4-14-11-17/h3-6,10-11,13,15H,1-2,7-9H2. The van der Waals surface area contributed by atoms with Gasteiger partial charge in [0.1, 0.15) is 0 Å². The summed E-state index contributed by atoms with van der Waals surface area (Å²) in [5.74, 6) is 0. The van der Waals surface area contributed by atoms with E-state index in [-0.39, 0.29) is 0 Å². The number of imidazole rings is 1. The molecule has 0 bridgehead atoms. The number of nitrogens with zero attached hydrogens (tertiary/aromatic N) is 3. The molecule has 0 radical (unpaired) electrons. The van der Waals surface area contributed by atoms with Crippen molar-refractivity contribution in [2.45, 2.75) is 38.5 Å². The Bertz CT molecular complexity index is 453. The molecule has 3 rings (SSSR count). The number of nitrogens with one attached hydrogen (secondary N) is 1. The molecule has 4 nitrogen and oxygen atoms in total. The SMILES string of the molecule is c1cn(CCn2ccc(CNC3CC3)c2)cn1. The molecule has 0 saturated heterocycles. The molecule has 2 heterocycles. The number of hydrogen-bond donors (Lipinski definition) is 1. The lowest BCUT2D eigenvalue weighted by Gasteiger charge is -2.03. The average Bonchev–Trinajstić information content (AvgIpc) is 2.86. The van der Waals surface area contributed by atoms with Gasteiger partial charge in [-0.05, 0) is 24.5 Å². The first-order valence-electron chi connectivity index (χ1n) is 6.24. The minimum Gasteiger partial charge on any atom is -0.352 e. The van der Waals surface area contributed by atoms with Crippen molar-refractivity contribution in [3.63, 3.8) is 0 Å². The average molecular weight is 230 g/mol. The molecule has 0 amide bonds. The molecule has 1 aliphatic carbocycles. The minimum atomic E-state index is 0.782. The molecule has 1 N–H and O–H groups in total. The Balaban J connectivity index is 1.49. The Morgan fingerprint density at radius 3 is 2.88 bits per heavy atom. The number of aryl methyl sites for hydroxylation is 2. The molecule has 4 heteroatoms. The van der Waals surface area contributed by atoms with Crippen molar-refractivity contribution in [3.05, 3.63) is 42.7 Å². The van der Waals surface area contributed by atoms with Gasteiger partial charge in [0, 0.05) is 50.5 Å². The maximum Gasteiger partial charge on any atom is 0.0946 e. The first kappa shape index (κ1) is 10.6. The van der Waals surface area contributed by atoms with Crippen LogP contribution in [0.4, 0.5) is 0 Å². The molecule has 1 fully saturated rings. The minimum absolute atomic E-state index is 0.782. The van der Waals surface area contributed by atoms with E-state index in [1.54, 1.807) is 0 Å². The number of hydrogen-bond acceptors (Lipinski definition) is 2. The van der Waals surface area contributed by atoms with Gasteiger partial charge in [-0.2, -0.15) is 0 Å². The Labute approximate surface area is 101 Å². The smallest absolute Gasteiger partial charge is 0.0946 e. The molecule has 90 valence electrons. The molecule has 0 aliphatic heterocycles. The van der Waals surface area contributed by atoms with Gasteiger partial charge in [-0.1, -0.05) is 0 Å². The summed E-state index contributed by atoms with van der Waals surface area (Å²) in [7, 11) is 0. The molecule has 0 spiro atoms. The second-order valence-electron chi connectivity index (χ2n) is 4.71. The monoisotopic (exact) mass is 230 g/mol. The summed E-state index contributed by atoms with van der Waals surface area (Å²) in [6, 6.07) is 2.98. The fourth-order valence-electron chi connectivity index (χ4n) is 1.93. The lowest BCUT2D eigenvalue weighted by atomic mass is 10.3. The maximum absolute atomic E-state index is 4.04. The van der Waals surface area contributed by atoms with Crippen molar-refractivity contribution in [1.29, 1.82) is 0 Å². The van der Waals surface area contributed by atoms with Crippen molar-refractivity contribution in [2.75, 3.05) is 0 Å². The van der Waals surface area contributed by atoms with Gasteiger partial charge in [-0.25, -0.2) is 4.98 Å². The third kappa shape index (κ3) is 2.97. The first-order chi connectivity index (χ1) is 8.40. The predicted molar refractivity (Wildman–Crippen MR) is 66.5 cm³/mol. The highest BCUT2D eigenvalue weighted by atomic mass is 15.1. The van der Waals surface area contributed by atoms with Crippen LogP contribution in [-0.4, -0.2) is 20.2 Å². The number of rotatable bonds is 6. The summed E-state index contributed by atoms with van der Waals surface area (Å²) in [5.41, 5.74) is 1.38. The summed E-state index contributed by atoms with van der Waals surface area (Å²) in [4.78, 5) is 4.04. The van der Waals surface area contributed by atoms with E-state index in [0.29, 0.717) is 0 Å². The van der Waals surface area contributed by atoms with E-state index in [9.17, 15) is 0 Å². The van der Waals surface area contributed by atoms with Crippen molar-refractivity contribution in [1.82, 2.24) is 19.4 Å². The summed E-state index contributed by atoms with van der Waals surface area (Å²) >= 11 is 0. The van der Waals surface area contributed by atoms with Gasteiger partial charge in [0.25, 0.3) is 0 Å². The van der Waals surface area contributed by atoms with Crippen LogP contribution in [0.3, 0.4) is 0 Å². The normalized spacial score (nSPS) is 15.3. The van der Waals surface area contributed by atoms with Crippen LogP contribution < -0.4 is 5.32 Å². The van der Waals surface area contributed by atoms with E-state index >= 15 is 0 Å². The second kappa shape index (κ2) is 4.75. The fraction of sp³-hybridized carbons (Fsp3) is 0.462. The lowest BCUT2D eigenvalue weighted by molar-refractivity contribution is 0.578. The molecule has 2 aromatic heterocycles. The van der Waals surface area contributed by atoms with Crippen molar-refractivity contribution in [3.8, 4) is 0 Å². The Morgan fingerprint density at radius 1 is 1.24 bits per heavy atom. The van der Waals surface area contributed by atoms with Gasteiger partial charge in [-0.15, -0.1) is 0 Å². The van der Waals surface area contributed by atoms with Crippen LogP contribution in [0.2, 0.25) is 0 Å². The lowest BCUT2D eigenvalue weighted by Crippen LogP contribution is -2.14. The van der Waals surface area contributed by atoms with Crippen LogP contribution in [0.25, 0.3) is 0 Å². The van der Waals surface area contributed by atoms with Gasteiger partial charge < -0.3 is 14.5 Å². The summed E-state index contributed by atoms with van der Waals surface area (Å²) < 4.78 is 4.34. The molecule has 0 atom stereocenters. The van der Waals surface area contributed by atoms with E-state index in [4.69, 9.17) is 0 Å². The summed E-state index contributed by atoms with van der Waals surface area (Å²) in [6.07, 6.45) is 12.8. The second-order valence-corrected chi connectivity index (χ2v) is 4.71. The Kier molecular flexibility index (Phi) is 2.96. The summed E-state index contributed by atoms with van der Waals surface area (Å²) in [5, 5.41) is 3.53. The topological polar surface area (TPSA) is 34.8 Å². The van der Waals surface area contributed by atoms with Gasteiger partial charge in [0.05, 0.1) is 6.33 Å². The fourth-order valence-corrected chi connectivity index (χ4v) is 1.93. The van der Waals surface area contributed by atoms with E-state index in [1.807, 2.05) is 18.7 Å². The molecule has 0 unspecified atom stereocenters. The highest BCUT2D eigenvalue weighted by Gasteiger charge is 2.19. The largest absolute Gasteiger partial charge is 0.352 e. The van der Waals surface area contributed by atoms with Gasteiger partial charge in [0.15, 0.2) is 0 Å². The number of aromatic nitrogens is 3. The van der Waals surface area contributed by atoms with E-state index in [1.165, 1.54) is 18.4 Å². The zero-order valence-electron chi connectivity index (χ0n) is 9.92. The van der Waals surface area contributed by atoms with Crippen LogP contribution in [0.1, 0.15) is 18.4 Å². The maximum atomic E-state index is 4.04. The van der Waals surface area contributed by atoms with E-state index in [2.05, 4.69) is 37.9 Å². The highest BCUT2D eigenvalue weighted by molar-refractivity contribution is 5.10. The third-order valence-electron chi connectivity index (χ3n) is 3.16. The molecular weight excluding hydrogens is 212 g/mol. The first-order valence-corrected chi connectivity index (χ1v) is 6.24. The molecule has 0 aromatic carbocycles. The Hall–Kier alpha value is -1.55. The van der Waals surface area contributed by atoms with E-state index in [0.717, 1.165) is 25.7 Å². The van der Waals surface area contributed by atoms with Crippen molar-refractivity contribution in [2.24, 2.45) is 0 Å². The van der Waals surface area contributed by atoms with Crippen LogP contribution in [0, 0.1) is 0 Å². The molecule has 2 aromatic rings. The van der Waals surface area contributed by atoms with Gasteiger partial charge in [-0.3, -0.25) is 0 Å². The third-order valence-corrected chi connectivity index (χ3v) is 3.16. The van der Waals surface area contributed by atoms with Crippen LogP contribution in [0.15, 0.2) is 37.2 Å².